The Bertz CT molecular complexity index is 3590. The number of aromatic nitrogens is 3. The molecule has 0 unspecified atom stereocenters. The molecular formula is C48H31N3. The fourth-order valence-electron chi connectivity index (χ4n) is 8.00. The highest BCUT2D eigenvalue weighted by Gasteiger charge is 2.21. The summed E-state index contributed by atoms with van der Waals surface area (Å²) in [6.45, 7) is 0. The molecule has 0 aliphatic heterocycles. The Hall–Kier alpha value is -6.84. The van der Waals surface area contributed by atoms with Crippen LogP contribution in [0, 0.1) is 0 Å². The number of hydrogen-bond donors (Lipinski definition) is 0. The van der Waals surface area contributed by atoms with Gasteiger partial charge in [-0.1, -0.05) is 133 Å². The summed E-state index contributed by atoms with van der Waals surface area (Å²) in [7, 11) is 0. The van der Waals surface area contributed by atoms with Crippen LogP contribution in [-0.4, -0.2) is 13.7 Å². The molecular weight excluding hydrogens is 619 g/mol. The number of nitrogens with zero attached hydrogens (tertiary/aromatic N) is 3. The van der Waals surface area contributed by atoms with Crippen molar-refractivity contribution in [1.82, 2.24) is 13.7 Å². The van der Waals surface area contributed by atoms with Crippen LogP contribution < -0.4 is 0 Å². The number of benzene rings is 8. The van der Waals surface area contributed by atoms with Gasteiger partial charge in [-0.3, -0.25) is 0 Å². The van der Waals surface area contributed by atoms with Crippen LogP contribution in [0.1, 0.15) is 12.3 Å². The maximum Gasteiger partial charge on any atom is 0.0782 e. The zero-order chi connectivity index (χ0) is 41.3. The van der Waals surface area contributed by atoms with Gasteiger partial charge in [0.25, 0.3) is 0 Å². The van der Waals surface area contributed by atoms with Crippen LogP contribution in [0.15, 0.2) is 188 Å². The molecule has 11 aromatic rings. The molecule has 0 amide bonds. The molecule has 0 bridgehead atoms. The SMILES string of the molecule is [2H]c1c([2H])c([2H])c(-c2c([2H])c([2H])c([2H])c([2H])c2-n2c3ccccc3c3cc(-n4c5ccccc5c5cccc(-n6c7ccccc7c7ccccc76)c54)ccc32)c([2H])c1[2H]. The van der Waals surface area contributed by atoms with E-state index in [1.807, 2.05) is 48.5 Å². The third-order valence-electron chi connectivity index (χ3n) is 10.1. The molecule has 0 saturated heterocycles. The second-order valence-electron chi connectivity index (χ2n) is 12.7. The Morgan fingerprint density at radius 3 is 1.51 bits per heavy atom. The number of rotatable bonds is 4. The van der Waals surface area contributed by atoms with Crippen LogP contribution in [0.4, 0.5) is 0 Å². The van der Waals surface area contributed by atoms with Crippen molar-refractivity contribution in [1.29, 1.82) is 0 Å². The normalized spacial score (nSPS) is 14.4. The Kier molecular flexibility index (Phi) is 4.38. The lowest BCUT2D eigenvalue weighted by Gasteiger charge is -2.15. The Balaban J connectivity index is 1.25. The van der Waals surface area contributed by atoms with E-state index in [4.69, 9.17) is 11.0 Å². The number of fused-ring (bicyclic) bond motifs is 9. The molecule has 3 aromatic heterocycles. The van der Waals surface area contributed by atoms with E-state index in [1.165, 1.54) is 0 Å². The Morgan fingerprint density at radius 1 is 0.353 bits per heavy atom. The Labute approximate surface area is 307 Å². The highest BCUT2D eigenvalue weighted by atomic mass is 15.1. The molecule has 0 radical (unpaired) electrons. The van der Waals surface area contributed by atoms with Crippen molar-refractivity contribution in [2.45, 2.75) is 0 Å². The number of para-hydroxylation sites is 6. The van der Waals surface area contributed by atoms with Gasteiger partial charge in [-0.15, -0.1) is 0 Å². The van der Waals surface area contributed by atoms with Crippen LogP contribution in [-0.2, 0) is 0 Å². The average molecular weight is 659 g/mol. The highest BCUT2D eigenvalue weighted by molar-refractivity contribution is 6.16. The standard InChI is InChI=1S/C48H31N3/c1-2-15-32(16-3-1)34-17-4-9-23-41(34)50-45-27-13-8-21-38(45)40-31-33(29-30-46(40)50)49-42-24-10-7-20-37(42)39-22-14-28-47(48(39)49)51-43-25-11-5-18-35(43)36-19-6-12-26-44(36)51/h1-31H/i1D,2D,3D,4D,9D,15D,16D,17D,23D. The molecule has 0 fully saturated rings. The van der Waals surface area contributed by atoms with E-state index in [-0.39, 0.29) is 16.8 Å². The first kappa shape index (κ1) is 20.6. The summed E-state index contributed by atoms with van der Waals surface area (Å²) >= 11 is 0. The topological polar surface area (TPSA) is 14.8 Å². The predicted octanol–water partition coefficient (Wildman–Crippen LogP) is 12.6. The van der Waals surface area contributed by atoms with Crippen LogP contribution in [0.5, 0.6) is 0 Å². The van der Waals surface area contributed by atoms with Gasteiger partial charge in [-0.2, -0.15) is 0 Å². The van der Waals surface area contributed by atoms with Gasteiger partial charge in [0, 0.05) is 43.6 Å². The van der Waals surface area contributed by atoms with Gasteiger partial charge in [-0.25, -0.2) is 0 Å². The van der Waals surface area contributed by atoms with E-state index in [9.17, 15) is 1.37 Å². The van der Waals surface area contributed by atoms with E-state index < -0.39 is 54.4 Å². The minimum atomic E-state index is -0.595. The number of hydrogen-bond acceptors (Lipinski definition) is 0. The molecule has 3 nitrogen and oxygen atoms in total. The largest absolute Gasteiger partial charge is 0.309 e. The zero-order valence-corrected chi connectivity index (χ0v) is 27.0. The first-order chi connectivity index (χ1) is 29.1. The van der Waals surface area contributed by atoms with Gasteiger partial charge < -0.3 is 13.7 Å². The molecule has 0 atom stereocenters. The van der Waals surface area contributed by atoms with E-state index in [0.29, 0.717) is 11.0 Å². The summed E-state index contributed by atoms with van der Waals surface area (Å²) in [5.74, 6) is 0. The molecule has 238 valence electrons. The quantitative estimate of drug-likeness (QED) is 0.179. The van der Waals surface area contributed by atoms with Crippen molar-refractivity contribution in [2.24, 2.45) is 0 Å². The molecule has 3 heterocycles. The molecule has 51 heavy (non-hydrogen) atoms. The molecule has 0 aliphatic rings. The van der Waals surface area contributed by atoms with Crippen molar-refractivity contribution < 1.29 is 12.3 Å². The molecule has 0 N–H and O–H groups in total. The smallest absolute Gasteiger partial charge is 0.0782 e. The first-order valence-corrected chi connectivity index (χ1v) is 16.8. The molecule has 0 spiro atoms. The molecule has 0 aliphatic carbocycles. The van der Waals surface area contributed by atoms with Crippen LogP contribution in [0.25, 0.3) is 93.6 Å². The van der Waals surface area contributed by atoms with Gasteiger partial charge in [0.15, 0.2) is 0 Å². The molecule has 8 aromatic carbocycles. The van der Waals surface area contributed by atoms with E-state index in [2.05, 4.69) is 94.1 Å². The second kappa shape index (κ2) is 10.8. The van der Waals surface area contributed by atoms with Crippen LogP contribution in [0.2, 0.25) is 0 Å². The van der Waals surface area contributed by atoms with Gasteiger partial charge in [0.1, 0.15) is 0 Å². The van der Waals surface area contributed by atoms with Crippen molar-refractivity contribution in [3.05, 3.63) is 188 Å². The van der Waals surface area contributed by atoms with Crippen LogP contribution >= 0.6 is 0 Å². The second-order valence-corrected chi connectivity index (χ2v) is 12.7. The maximum absolute atomic E-state index is 9.31. The van der Waals surface area contributed by atoms with E-state index in [1.54, 1.807) is 4.57 Å². The van der Waals surface area contributed by atoms with Gasteiger partial charge in [-0.05, 0) is 60.1 Å². The minimum absolute atomic E-state index is 0.0102. The van der Waals surface area contributed by atoms with Gasteiger partial charge in [0.2, 0.25) is 0 Å². The summed E-state index contributed by atoms with van der Waals surface area (Å²) in [6.07, 6.45) is 0. The lowest BCUT2D eigenvalue weighted by molar-refractivity contribution is 1.13. The molecule has 11 rings (SSSR count). The third-order valence-corrected chi connectivity index (χ3v) is 10.1. The van der Waals surface area contributed by atoms with Crippen molar-refractivity contribution in [3.63, 3.8) is 0 Å². The third kappa shape index (κ3) is 4.00. The fraction of sp³-hybridized carbons (Fsp3) is 0. The van der Waals surface area contributed by atoms with Crippen molar-refractivity contribution in [3.8, 4) is 28.2 Å². The van der Waals surface area contributed by atoms with Gasteiger partial charge >= 0.3 is 0 Å². The molecule has 0 saturated carbocycles. The van der Waals surface area contributed by atoms with Crippen LogP contribution in [0.3, 0.4) is 0 Å². The lowest BCUT2D eigenvalue weighted by Crippen LogP contribution is -2.01. The van der Waals surface area contributed by atoms with E-state index in [0.717, 1.165) is 65.8 Å². The maximum atomic E-state index is 9.31. The predicted molar refractivity (Wildman–Crippen MR) is 215 cm³/mol. The summed E-state index contributed by atoms with van der Waals surface area (Å²) < 4.78 is 85.1. The summed E-state index contributed by atoms with van der Waals surface area (Å²) in [6, 6.07) is 40.4. The minimum Gasteiger partial charge on any atom is -0.309 e. The zero-order valence-electron chi connectivity index (χ0n) is 36.0. The summed E-state index contributed by atoms with van der Waals surface area (Å²) in [5, 5.41) is 6.07. The molecule has 3 heteroatoms. The highest BCUT2D eigenvalue weighted by Crippen LogP contribution is 2.42. The monoisotopic (exact) mass is 658 g/mol. The lowest BCUT2D eigenvalue weighted by atomic mass is 10.0. The first-order valence-electron chi connectivity index (χ1n) is 21.3. The Morgan fingerprint density at radius 2 is 0.843 bits per heavy atom. The summed E-state index contributed by atoms with van der Waals surface area (Å²) in [5.41, 5.74) is 6.81. The van der Waals surface area contributed by atoms with Crippen molar-refractivity contribution >= 4 is 65.4 Å². The fourth-order valence-corrected chi connectivity index (χ4v) is 8.00. The van der Waals surface area contributed by atoms with E-state index >= 15 is 0 Å². The van der Waals surface area contributed by atoms with Gasteiger partial charge in [0.05, 0.1) is 56.8 Å². The summed E-state index contributed by atoms with van der Waals surface area (Å²) in [4.78, 5) is 0. The van der Waals surface area contributed by atoms with Crippen molar-refractivity contribution in [2.75, 3.05) is 0 Å². The average Bonchev–Trinajstić information content (AvgIpc) is 3.92.